The lowest BCUT2D eigenvalue weighted by molar-refractivity contribution is -0.127. The summed E-state index contributed by atoms with van der Waals surface area (Å²) in [6, 6.07) is 16.6. The summed E-state index contributed by atoms with van der Waals surface area (Å²) in [5.41, 5.74) is 1.15. The number of hydrogen-bond acceptors (Lipinski definition) is 4. The minimum Gasteiger partial charge on any atom is -0.497 e. The number of carbonyl (C=O) groups is 1. The van der Waals surface area contributed by atoms with Crippen LogP contribution < -0.4 is 10.1 Å². The van der Waals surface area contributed by atoms with E-state index in [1.807, 2.05) is 18.2 Å². The molecule has 0 spiro atoms. The second-order valence-corrected chi connectivity index (χ2v) is 10.0. The van der Waals surface area contributed by atoms with Crippen LogP contribution in [0.5, 0.6) is 5.75 Å². The molecule has 160 valence electrons. The number of nitrogens with zero attached hydrogens (tertiary/aromatic N) is 1. The van der Waals surface area contributed by atoms with Crippen molar-refractivity contribution in [3.8, 4) is 5.75 Å². The Morgan fingerprint density at radius 1 is 1.00 bits per heavy atom. The molecule has 0 unspecified atom stereocenters. The summed E-state index contributed by atoms with van der Waals surface area (Å²) in [6.07, 6.45) is 3.34. The molecule has 1 amide bonds. The van der Waals surface area contributed by atoms with Gasteiger partial charge in [0.1, 0.15) is 5.75 Å². The Labute approximate surface area is 178 Å². The third-order valence-electron chi connectivity index (χ3n) is 6.07. The fraction of sp³-hybridized carbons (Fsp3) is 0.435. The molecule has 30 heavy (non-hydrogen) atoms. The highest BCUT2D eigenvalue weighted by atomic mass is 32.2. The van der Waals surface area contributed by atoms with Crippen LogP contribution in [0.2, 0.25) is 0 Å². The van der Waals surface area contributed by atoms with E-state index in [9.17, 15) is 13.2 Å². The minimum atomic E-state index is -3.56. The van der Waals surface area contributed by atoms with Crippen LogP contribution in [0.25, 0.3) is 0 Å². The van der Waals surface area contributed by atoms with E-state index >= 15 is 0 Å². The first kappa shape index (κ1) is 20.9. The highest BCUT2D eigenvalue weighted by Crippen LogP contribution is 2.41. The molecule has 1 N–H and O–H groups in total. The normalized spacial score (nSPS) is 19.2. The first-order valence-corrected chi connectivity index (χ1v) is 11.9. The molecule has 4 rings (SSSR count). The molecule has 2 aromatic rings. The zero-order chi connectivity index (χ0) is 21.1. The molecule has 6 nitrogen and oxygen atoms in total. The van der Waals surface area contributed by atoms with Gasteiger partial charge in [0.05, 0.1) is 18.0 Å². The highest BCUT2D eigenvalue weighted by molar-refractivity contribution is 7.89. The van der Waals surface area contributed by atoms with E-state index in [1.54, 1.807) is 31.4 Å². The van der Waals surface area contributed by atoms with E-state index in [4.69, 9.17) is 4.74 Å². The Morgan fingerprint density at radius 3 is 2.20 bits per heavy atom. The fourth-order valence-electron chi connectivity index (χ4n) is 4.09. The van der Waals surface area contributed by atoms with Crippen LogP contribution in [0.4, 0.5) is 0 Å². The van der Waals surface area contributed by atoms with Crippen LogP contribution in [0.3, 0.4) is 0 Å². The Hall–Kier alpha value is -2.38. The number of sulfonamides is 1. The van der Waals surface area contributed by atoms with Crippen molar-refractivity contribution in [2.24, 2.45) is 11.8 Å². The zero-order valence-corrected chi connectivity index (χ0v) is 18.0. The van der Waals surface area contributed by atoms with Gasteiger partial charge in [0.2, 0.25) is 15.9 Å². The van der Waals surface area contributed by atoms with Gasteiger partial charge in [-0.25, -0.2) is 8.42 Å². The number of piperidine rings is 1. The van der Waals surface area contributed by atoms with E-state index in [0.717, 1.165) is 18.4 Å². The smallest absolute Gasteiger partial charge is 0.243 e. The fourth-order valence-corrected chi connectivity index (χ4v) is 5.56. The molecule has 1 saturated heterocycles. The number of nitrogens with one attached hydrogen (secondary N) is 1. The molecule has 2 aliphatic rings. The van der Waals surface area contributed by atoms with E-state index in [2.05, 4.69) is 17.4 Å². The van der Waals surface area contributed by atoms with Crippen molar-refractivity contribution < 1.29 is 17.9 Å². The second-order valence-electron chi connectivity index (χ2n) is 8.09. The average molecular weight is 429 g/mol. The van der Waals surface area contributed by atoms with Gasteiger partial charge in [-0.05, 0) is 61.4 Å². The van der Waals surface area contributed by atoms with E-state index in [1.165, 1.54) is 4.31 Å². The first-order chi connectivity index (χ1) is 14.5. The van der Waals surface area contributed by atoms with Gasteiger partial charge in [0.15, 0.2) is 0 Å². The number of ether oxygens (including phenoxy) is 1. The lowest BCUT2D eigenvalue weighted by atomic mass is 9.95. The van der Waals surface area contributed by atoms with Gasteiger partial charge < -0.3 is 10.1 Å². The van der Waals surface area contributed by atoms with Crippen molar-refractivity contribution >= 4 is 15.9 Å². The molecule has 7 heteroatoms. The number of hydrogen-bond donors (Lipinski definition) is 1. The summed E-state index contributed by atoms with van der Waals surface area (Å²) in [6.45, 7) is 0.706. The van der Waals surface area contributed by atoms with Crippen molar-refractivity contribution in [1.82, 2.24) is 9.62 Å². The van der Waals surface area contributed by atoms with Crippen molar-refractivity contribution in [2.45, 2.75) is 36.6 Å². The molecular weight excluding hydrogens is 400 g/mol. The number of benzene rings is 2. The van der Waals surface area contributed by atoms with Gasteiger partial charge in [0, 0.05) is 19.0 Å². The molecule has 0 bridgehead atoms. The molecule has 1 saturated carbocycles. The first-order valence-electron chi connectivity index (χ1n) is 10.5. The monoisotopic (exact) mass is 428 g/mol. The van der Waals surface area contributed by atoms with Gasteiger partial charge in [0.25, 0.3) is 0 Å². The third-order valence-corrected chi connectivity index (χ3v) is 7.98. The van der Waals surface area contributed by atoms with Gasteiger partial charge in [-0.2, -0.15) is 4.31 Å². The van der Waals surface area contributed by atoms with Crippen molar-refractivity contribution in [1.29, 1.82) is 0 Å². The predicted molar refractivity (Wildman–Crippen MR) is 115 cm³/mol. The Kier molecular flexibility index (Phi) is 6.11. The Balaban J connectivity index is 1.37. The molecular formula is C23H28N2O4S. The molecule has 2 fully saturated rings. The van der Waals surface area contributed by atoms with E-state index < -0.39 is 10.0 Å². The van der Waals surface area contributed by atoms with E-state index in [0.29, 0.717) is 37.6 Å². The molecule has 0 aromatic heterocycles. The van der Waals surface area contributed by atoms with Crippen LogP contribution in [0, 0.1) is 11.8 Å². The van der Waals surface area contributed by atoms with Crippen molar-refractivity contribution in [2.75, 3.05) is 20.2 Å². The summed E-state index contributed by atoms with van der Waals surface area (Å²) in [7, 11) is -2.01. The number of rotatable bonds is 7. The molecule has 1 aliphatic carbocycles. The van der Waals surface area contributed by atoms with Gasteiger partial charge in [-0.1, -0.05) is 30.3 Å². The number of amides is 1. The quantitative estimate of drug-likeness (QED) is 0.734. The minimum absolute atomic E-state index is 0.0391. The standard InChI is InChI=1S/C23H28N2O4S/c1-29-20-9-11-21(12-10-20)30(27,28)25-15-13-19(14-16-25)23(26)24-22(18-7-8-18)17-5-3-2-4-6-17/h2-6,9-12,18-19,22H,7-8,13-16H2,1H3,(H,24,26)/t22-/m0/s1. The topological polar surface area (TPSA) is 75.7 Å². The second kappa shape index (κ2) is 8.78. The van der Waals surface area contributed by atoms with Gasteiger partial charge in [-0.3, -0.25) is 4.79 Å². The maximum atomic E-state index is 12.9. The molecule has 1 atom stereocenters. The largest absolute Gasteiger partial charge is 0.497 e. The van der Waals surface area contributed by atoms with Gasteiger partial charge in [-0.15, -0.1) is 0 Å². The number of methoxy groups -OCH3 is 1. The maximum absolute atomic E-state index is 12.9. The maximum Gasteiger partial charge on any atom is 0.243 e. The van der Waals surface area contributed by atoms with E-state index in [-0.39, 0.29) is 22.8 Å². The predicted octanol–water partition coefficient (Wildman–Crippen LogP) is 3.36. The molecule has 1 heterocycles. The summed E-state index contributed by atoms with van der Waals surface area (Å²) >= 11 is 0. The summed E-state index contributed by atoms with van der Waals surface area (Å²) < 4.78 is 32.4. The van der Waals surface area contributed by atoms with Crippen LogP contribution in [-0.4, -0.2) is 38.8 Å². The lowest BCUT2D eigenvalue weighted by Gasteiger charge is -2.31. The SMILES string of the molecule is COc1ccc(S(=O)(=O)N2CCC(C(=O)N[C@@H](c3ccccc3)C3CC3)CC2)cc1. The van der Waals surface area contributed by atoms with Crippen LogP contribution in [-0.2, 0) is 14.8 Å². The summed E-state index contributed by atoms with van der Waals surface area (Å²) in [4.78, 5) is 13.2. The van der Waals surface area contributed by atoms with Crippen LogP contribution >= 0.6 is 0 Å². The average Bonchev–Trinajstić information content (AvgIpc) is 3.63. The molecule has 0 radical (unpaired) electrons. The highest BCUT2D eigenvalue weighted by Gasteiger charge is 2.36. The molecule has 2 aromatic carbocycles. The summed E-state index contributed by atoms with van der Waals surface area (Å²) in [5, 5.41) is 3.24. The van der Waals surface area contributed by atoms with Crippen LogP contribution in [0.1, 0.15) is 37.3 Å². The summed E-state index contributed by atoms with van der Waals surface area (Å²) in [5.74, 6) is 1.01. The van der Waals surface area contributed by atoms with Crippen molar-refractivity contribution in [3.05, 3.63) is 60.2 Å². The van der Waals surface area contributed by atoms with Crippen molar-refractivity contribution in [3.63, 3.8) is 0 Å². The number of carbonyl (C=O) groups excluding carboxylic acids is 1. The lowest BCUT2D eigenvalue weighted by Crippen LogP contribution is -2.43. The molecule has 1 aliphatic heterocycles. The zero-order valence-electron chi connectivity index (χ0n) is 17.2. The van der Waals surface area contributed by atoms with Gasteiger partial charge >= 0.3 is 0 Å². The Bertz CT molecular complexity index is 964. The Morgan fingerprint density at radius 2 is 1.63 bits per heavy atom. The van der Waals surface area contributed by atoms with Crippen LogP contribution in [0.15, 0.2) is 59.5 Å². The third kappa shape index (κ3) is 4.52.